The van der Waals surface area contributed by atoms with Crippen molar-refractivity contribution in [1.82, 2.24) is 5.10 Å². The monoisotopic (exact) mass is 211 g/mol. The molecule has 0 aliphatic carbocycles. The molecule has 1 aromatic heterocycles. The van der Waals surface area contributed by atoms with E-state index >= 15 is 0 Å². The summed E-state index contributed by atoms with van der Waals surface area (Å²) in [6, 6.07) is 1.89. The number of H-pyrrole nitrogens is 1. The highest BCUT2D eigenvalue weighted by atomic mass is 19.2. The summed E-state index contributed by atoms with van der Waals surface area (Å²) in [4.78, 5) is 11.5. The van der Waals surface area contributed by atoms with Gasteiger partial charge in [-0.05, 0) is 13.0 Å². The molecule has 1 aromatic carbocycles. The summed E-state index contributed by atoms with van der Waals surface area (Å²) >= 11 is 0. The largest absolute Gasteiger partial charge is 0.282 e. The third-order valence-electron chi connectivity index (χ3n) is 2.20. The number of aryl methyl sites for hydroxylation is 1. The third-order valence-corrected chi connectivity index (χ3v) is 2.20. The molecule has 78 valence electrons. The summed E-state index contributed by atoms with van der Waals surface area (Å²) in [5.74, 6) is -1.98. The van der Waals surface area contributed by atoms with E-state index in [1.54, 1.807) is 0 Å². The number of fused-ring (bicyclic) bond motifs is 1. The molecule has 0 bridgehead atoms. The van der Waals surface area contributed by atoms with E-state index in [1.165, 1.54) is 10.9 Å². The van der Waals surface area contributed by atoms with E-state index in [9.17, 15) is 13.6 Å². The Morgan fingerprint density at radius 2 is 2.00 bits per heavy atom. The van der Waals surface area contributed by atoms with Gasteiger partial charge in [-0.2, -0.15) is 5.10 Å². The zero-order valence-electron chi connectivity index (χ0n) is 8.05. The van der Waals surface area contributed by atoms with Crippen LogP contribution in [-0.4, -0.2) is 5.10 Å². The Bertz CT molecular complexity index is 577. The molecule has 0 fully saturated rings. The van der Waals surface area contributed by atoms with Crippen LogP contribution in [0.2, 0.25) is 0 Å². The molecule has 0 radical (unpaired) electrons. The Balaban J connectivity index is 2.86. The molecule has 0 spiro atoms. The second-order valence-corrected chi connectivity index (χ2v) is 3.20. The zero-order chi connectivity index (χ0) is 11.0. The SMILES string of the molecule is CC[n+]1cc(=O)c2cc(F)c(F)cc2[nH]1. The normalized spacial score (nSPS) is 10.9. The predicted octanol–water partition coefficient (Wildman–Crippen LogP) is 1.11. The van der Waals surface area contributed by atoms with Gasteiger partial charge >= 0.3 is 0 Å². The van der Waals surface area contributed by atoms with Gasteiger partial charge < -0.3 is 0 Å². The van der Waals surface area contributed by atoms with Crippen molar-refractivity contribution in [3.8, 4) is 0 Å². The highest BCUT2D eigenvalue weighted by Crippen LogP contribution is 2.11. The molecule has 2 rings (SSSR count). The van der Waals surface area contributed by atoms with Crippen molar-refractivity contribution in [3.05, 3.63) is 40.2 Å². The maximum absolute atomic E-state index is 12.9. The number of hydrogen-bond acceptors (Lipinski definition) is 1. The van der Waals surface area contributed by atoms with E-state index in [4.69, 9.17) is 0 Å². The van der Waals surface area contributed by atoms with Gasteiger partial charge in [0, 0.05) is 6.07 Å². The summed E-state index contributed by atoms with van der Waals surface area (Å²) in [5, 5.41) is 2.95. The van der Waals surface area contributed by atoms with Gasteiger partial charge in [0.25, 0.3) is 5.43 Å². The summed E-state index contributed by atoms with van der Waals surface area (Å²) in [5.41, 5.74) is -0.0345. The fourth-order valence-corrected chi connectivity index (χ4v) is 1.41. The minimum atomic E-state index is -1.01. The Kier molecular flexibility index (Phi) is 2.22. The lowest BCUT2D eigenvalue weighted by Crippen LogP contribution is -2.40. The van der Waals surface area contributed by atoms with Crippen LogP contribution >= 0.6 is 0 Å². The molecule has 0 aliphatic rings. The Morgan fingerprint density at radius 3 is 2.67 bits per heavy atom. The molecular weight excluding hydrogens is 202 g/mol. The Morgan fingerprint density at radius 1 is 1.33 bits per heavy atom. The zero-order valence-corrected chi connectivity index (χ0v) is 8.05. The van der Waals surface area contributed by atoms with E-state index in [0.29, 0.717) is 12.1 Å². The van der Waals surface area contributed by atoms with Gasteiger partial charge in [-0.1, -0.05) is 0 Å². The lowest BCUT2D eigenvalue weighted by atomic mass is 10.2. The van der Waals surface area contributed by atoms with E-state index in [1.807, 2.05) is 6.92 Å². The van der Waals surface area contributed by atoms with Crippen molar-refractivity contribution in [2.45, 2.75) is 13.5 Å². The number of aromatic nitrogens is 2. The van der Waals surface area contributed by atoms with Crippen molar-refractivity contribution < 1.29 is 13.5 Å². The number of benzene rings is 1. The molecule has 15 heavy (non-hydrogen) atoms. The number of hydrogen-bond donors (Lipinski definition) is 1. The molecule has 5 heteroatoms. The molecule has 1 heterocycles. The molecule has 0 amide bonds. The van der Waals surface area contributed by atoms with E-state index in [2.05, 4.69) is 5.10 Å². The molecule has 3 nitrogen and oxygen atoms in total. The van der Waals surface area contributed by atoms with Crippen LogP contribution < -0.4 is 10.1 Å². The highest BCUT2D eigenvalue weighted by molar-refractivity contribution is 5.77. The first-order valence-electron chi connectivity index (χ1n) is 4.53. The van der Waals surface area contributed by atoms with E-state index in [0.717, 1.165) is 12.1 Å². The van der Waals surface area contributed by atoms with Crippen LogP contribution in [0, 0.1) is 11.6 Å². The first-order chi connectivity index (χ1) is 7.11. The summed E-state index contributed by atoms with van der Waals surface area (Å²) < 4.78 is 27.3. The second-order valence-electron chi connectivity index (χ2n) is 3.20. The molecule has 1 N–H and O–H groups in total. The van der Waals surface area contributed by atoms with Crippen LogP contribution in [0.1, 0.15) is 6.92 Å². The smallest absolute Gasteiger partial charge is 0.253 e. The summed E-state index contributed by atoms with van der Waals surface area (Å²) in [6.07, 6.45) is 1.32. The van der Waals surface area contributed by atoms with Crippen molar-refractivity contribution in [1.29, 1.82) is 0 Å². The van der Waals surface area contributed by atoms with Crippen LogP contribution in [-0.2, 0) is 6.54 Å². The number of halogens is 2. The molecule has 0 aliphatic heterocycles. The third kappa shape index (κ3) is 1.60. The lowest BCUT2D eigenvalue weighted by Gasteiger charge is -1.98. The standard InChI is InChI=1S/C10H8F2N2O/c1-2-14-5-10(15)6-3-7(11)8(12)4-9(6)13-14/h3-5H,2H2,1H3/p+1. The Labute approximate surface area is 84.0 Å². The number of rotatable bonds is 1. The lowest BCUT2D eigenvalue weighted by molar-refractivity contribution is -0.749. The second kappa shape index (κ2) is 3.42. The predicted molar refractivity (Wildman–Crippen MR) is 50.4 cm³/mol. The first kappa shape index (κ1) is 9.76. The maximum atomic E-state index is 12.9. The first-order valence-corrected chi connectivity index (χ1v) is 4.53. The van der Waals surface area contributed by atoms with Gasteiger partial charge in [0.15, 0.2) is 18.2 Å². The van der Waals surface area contributed by atoms with Gasteiger partial charge in [0.05, 0.1) is 5.39 Å². The molecule has 0 atom stereocenters. The summed E-state index contributed by atoms with van der Waals surface area (Å²) in [6.45, 7) is 2.39. The van der Waals surface area contributed by atoms with Crippen LogP contribution in [0.25, 0.3) is 10.9 Å². The van der Waals surface area contributed by atoms with Crippen LogP contribution in [0.3, 0.4) is 0 Å². The number of aromatic amines is 1. The van der Waals surface area contributed by atoms with Gasteiger partial charge in [-0.25, -0.2) is 8.78 Å². The molecule has 0 saturated heterocycles. The fourth-order valence-electron chi connectivity index (χ4n) is 1.41. The average molecular weight is 211 g/mol. The number of nitrogens with zero attached hydrogens (tertiary/aromatic N) is 1. The molecule has 0 saturated carbocycles. The Hall–Kier alpha value is -1.78. The molecule has 2 aromatic rings. The minimum Gasteiger partial charge on any atom is -0.282 e. The van der Waals surface area contributed by atoms with Crippen molar-refractivity contribution in [3.63, 3.8) is 0 Å². The van der Waals surface area contributed by atoms with Gasteiger partial charge in [-0.15, -0.1) is 4.68 Å². The topological polar surface area (TPSA) is 36.7 Å². The van der Waals surface area contributed by atoms with Crippen molar-refractivity contribution in [2.75, 3.05) is 0 Å². The quantitative estimate of drug-likeness (QED) is 0.705. The van der Waals surface area contributed by atoms with Gasteiger partial charge in [0.1, 0.15) is 5.52 Å². The van der Waals surface area contributed by atoms with Crippen LogP contribution in [0.4, 0.5) is 8.78 Å². The minimum absolute atomic E-state index is 0.151. The average Bonchev–Trinajstić information content (AvgIpc) is 2.21. The van der Waals surface area contributed by atoms with Crippen molar-refractivity contribution in [2.24, 2.45) is 0 Å². The van der Waals surface area contributed by atoms with E-state index < -0.39 is 11.6 Å². The van der Waals surface area contributed by atoms with Crippen molar-refractivity contribution >= 4 is 10.9 Å². The molecule has 0 unspecified atom stereocenters. The van der Waals surface area contributed by atoms with E-state index in [-0.39, 0.29) is 10.8 Å². The number of nitrogens with one attached hydrogen (secondary N) is 1. The maximum Gasteiger partial charge on any atom is 0.253 e. The van der Waals surface area contributed by atoms with Crippen LogP contribution in [0.15, 0.2) is 23.1 Å². The van der Waals surface area contributed by atoms with Gasteiger partial charge in [-0.3, -0.25) is 4.79 Å². The fraction of sp³-hybridized carbons (Fsp3) is 0.200. The molecular formula is C10H9F2N2O+. The summed E-state index contributed by atoms with van der Waals surface area (Å²) in [7, 11) is 0. The van der Waals surface area contributed by atoms with Crippen LogP contribution in [0.5, 0.6) is 0 Å². The van der Waals surface area contributed by atoms with Gasteiger partial charge in [0.2, 0.25) is 6.20 Å². The highest BCUT2D eigenvalue weighted by Gasteiger charge is 2.10.